The van der Waals surface area contributed by atoms with Crippen LogP contribution in [-0.4, -0.2) is 16.1 Å². The highest BCUT2D eigenvalue weighted by Gasteiger charge is 2.13. The molecule has 2 N–H and O–H groups in total. The number of aromatic amines is 1. The zero-order valence-corrected chi connectivity index (χ0v) is 9.46. The summed E-state index contributed by atoms with van der Waals surface area (Å²) >= 11 is 5.59. The van der Waals surface area contributed by atoms with Crippen molar-refractivity contribution >= 4 is 17.5 Å². The van der Waals surface area contributed by atoms with Crippen molar-refractivity contribution in [3.8, 4) is 0 Å². The average molecular weight is 254 g/mol. The predicted molar refractivity (Wildman–Crippen MR) is 61.2 cm³/mol. The number of carbonyl (C=O) groups excluding carboxylic acids is 1. The lowest BCUT2D eigenvalue weighted by atomic mass is 10.2. The van der Waals surface area contributed by atoms with Gasteiger partial charge in [0.25, 0.3) is 5.91 Å². The van der Waals surface area contributed by atoms with Crippen LogP contribution < -0.4 is 5.32 Å². The molecule has 1 aromatic carbocycles. The molecule has 17 heavy (non-hydrogen) atoms. The molecule has 1 aromatic heterocycles. The van der Waals surface area contributed by atoms with Crippen LogP contribution in [0.4, 0.5) is 4.39 Å². The van der Waals surface area contributed by atoms with Crippen LogP contribution in [0.3, 0.4) is 0 Å². The Morgan fingerprint density at radius 3 is 3.06 bits per heavy atom. The van der Waals surface area contributed by atoms with Gasteiger partial charge in [-0.1, -0.05) is 17.7 Å². The van der Waals surface area contributed by atoms with Crippen molar-refractivity contribution in [1.82, 2.24) is 15.5 Å². The molecule has 4 nitrogen and oxygen atoms in total. The minimum atomic E-state index is -0.709. The van der Waals surface area contributed by atoms with Gasteiger partial charge in [0.2, 0.25) is 0 Å². The summed E-state index contributed by atoms with van der Waals surface area (Å²) in [5, 5.41) is 8.85. The second-order valence-electron chi connectivity index (χ2n) is 3.39. The number of nitrogens with one attached hydrogen (secondary N) is 2. The van der Waals surface area contributed by atoms with Crippen LogP contribution in [0.25, 0.3) is 0 Å². The molecule has 88 valence electrons. The first-order valence-electron chi connectivity index (χ1n) is 4.88. The van der Waals surface area contributed by atoms with E-state index in [1.165, 1.54) is 18.2 Å². The van der Waals surface area contributed by atoms with Gasteiger partial charge in [0.15, 0.2) is 5.82 Å². The van der Waals surface area contributed by atoms with Crippen LogP contribution in [-0.2, 0) is 6.54 Å². The topological polar surface area (TPSA) is 57.8 Å². The van der Waals surface area contributed by atoms with E-state index in [1.807, 2.05) is 0 Å². The zero-order chi connectivity index (χ0) is 12.3. The summed E-state index contributed by atoms with van der Waals surface area (Å²) in [5.74, 6) is -1.22. The summed E-state index contributed by atoms with van der Waals surface area (Å²) in [6.07, 6.45) is 3.23. The Morgan fingerprint density at radius 2 is 2.35 bits per heavy atom. The fourth-order valence-corrected chi connectivity index (χ4v) is 1.51. The number of halogens is 2. The van der Waals surface area contributed by atoms with Gasteiger partial charge in [-0.2, -0.15) is 5.10 Å². The second-order valence-corrected chi connectivity index (χ2v) is 3.80. The van der Waals surface area contributed by atoms with Gasteiger partial charge in [-0.05, 0) is 12.1 Å². The number of nitrogens with zero attached hydrogens (tertiary/aromatic N) is 1. The smallest absolute Gasteiger partial charge is 0.254 e. The van der Waals surface area contributed by atoms with Gasteiger partial charge in [0.1, 0.15) is 0 Å². The second kappa shape index (κ2) is 4.97. The number of aromatic nitrogens is 2. The molecule has 0 spiro atoms. The molecule has 6 heteroatoms. The summed E-state index contributed by atoms with van der Waals surface area (Å²) in [7, 11) is 0. The monoisotopic (exact) mass is 253 g/mol. The van der Waals surface area contributed by atoms with Crippen molar-refractivity contribution in [2.75, 3.05) is 0 Å². The first kappa shape index (κ1) is 11.6. The fraction of sp³-hybridized carbons (Fsp3) is 0.0909. The van der Waals surface area contributed by atoms with Crippen molar-refractivity contribution in [2.45, 2.75) is 6.54 Å². The third-order valence-electron chi connectivity index (χ3n) is 2.20. The van der Waals surface area contributed by atoms with E-state index < -0.39 is 11.7 Å². The van der Waals surface area contributed by atoms with Crippen LogP contribution in [0.2, 0.25) is 5.02 Å². The van der Waals surface area contributed by atoms with E-state index in [1.54, 1.807) is 12.4 Å². The molecule has 0 radical (unpaired) electrons. The molecule has 0 saturated carbocycles. The van der Waals surface area contributed by atoms with Crippen molar-refractivity contribution in [1.29, 1.82) is 0 Å². The minimum Gasteiger partial charge on any atom is -0.348 e. The number of hydrogen-bond acceptors (Lipinski definition) is 2. The van der Waals surface area contributed by atoms with Crippen LogP contribution in [0.1, 0.15) is 15.9 Å². The predicted octanol–water partition coefficient (Wildman–Crippen LogP) is 2.13. The normalized spacial score (nSPS) is 10.2. The van der Waals surface area contributed by atoms with Gasteiger partial charge in [0.05, 0.1) is 16.8 Å². The number of amides is 1. The van der Waals surface area contributed by atoms with Gasteiger partial charge < -0.3 is 5.32 Å². The van der Waals surface area contributed by atoms with Gasteiger partial charge >= 0.3 is 0 Å². The maximum Gasteiger partial charge on any atom is 0.254 e. The quantitative estimate of drug-likeness (QED) is 0.880. The maximum absolute atomic E-state index is 13.5. The zero-order valence-electron chi connectivity index (χ0n) is 8.71. The Kier molecular flexibility index (Phi) is 3.39. The molecule has 0 aliphatic carbocycles. The van der Waals surface area contributed by atoms with E-state index in [9.17, 15) is 9.18 Å². The fourth-order valence-electron chi connectivity index (χ4n) is 1.33. The Labute approximate surface area is 102 Å². The van der Waals surface area contributed by atoms with Gasteiger partial charge in [0, 0.05) is 18.3 Å². The van der Waals surface area contributed by atoms with Crippen molar-refractivity contribution < 1.29 is 9.18 Å². The molecule has 1 heterocycles. The molecule has 2 aromatic rings. The van der Waals surface area contributed by atoms with E-state index in [0.717, 1.165) is 5.56 Å². The van der Waals surface area contributed by atoms with Gasteiger partial charge in [-0.25, -0.2) is 4.39 Å². The number of rotatable bonds is 3. The van der Waals surface area contributed by atoms with E-state index in [-0.39, 0.29) is 17.1 Å². The van der Waals surface area contributed by atoms with E-state index >= 15 is 0 Å². The summed E-state index contributed by atoms with van der Waals surface area (Å²) in [6.45, 7) is 0.279. The average Bonchev–Trinajstić information content (AvgIpc) is 2.82. The van der Waals surface area contributed by atoms with Crippen LogP contribution >= 0.6 is 11.6 Å². The molecule has 0 bridgehead atoms. The highest BCUT2D eigenvalue weighted by Crippen LogP contribution is 2.17. The Hall–Kier alpha value is -1.88. The lowest BCUT2D eigenvalue weighted by Gasteiger charge is -2.05. The number of hydrogen-bond donors (Lipinski definition) is 2. The molecule has 2 rings (SSSR count). The highest BCUT2D eigenvalue weighted by molar-refractivity contribution is 6.31. The molecule has 0 unspecified atom stereocenters. The lowest BCUT2D eigenvalue weighted by molar-refractivity contribution is 0.0947. The number of carbonyl (C=O) groups is 1. The Bertz CT molecular complexity index is 528. The third kappa shape index (κ3) is 2.62. The van der Waals surface area contributed by atoms with E-state index in [4.69, 9.17) is 11.6 Å². The Balaban J connectivity index is 2.07. The van der Waals surface area contributed by atoms with E-state index in [2.05, 4.69) is 15.5 Å². The summed E-state index contributed by atoms with van der Waals surface area (Å²) in [4.78, 5) is 11.7. The molecular formula is C11H9ClFN3O. The SMILES string of the molecule is O=C(NCc1cn[nH]c1)c1cccc(Cl)c1F. The molecule has 0 aliphatic rings. The first-order valence-corrected chi connectivity index (χ1v) is 5.26. The molecule has 0 aliphatic heterocycles. The summed E-state index contributed by atoms with van der Waals surface area (Å²) in [6, 6.07) is 4.30. The van der Waals surface area contributed by atoms with Crippen molar-refractivity contribution in [3.63, 3.8) is 0 Å². The molecular weight excluding hydrogens is 245 g/mol. The van der Waals surface area contributed by atoms with Crippen LogP contribution in [0.5, 0.6) is 0 Å². The minimum absolute atomic E-state index is 0.0685. The number of benzene rings is 1. The number of H-pyrrole nitrogens is 1. The van der Waals surface area contributed by atoms with Crippen molar-refractivity contribution in [3.05, 3.63) is 52.6 Å². The maximum atomic E-state index is 13.5. The molecule has 0 saturated heterocycles. The third-order valence-corrected chi connectivity index (χ3v) is 2.50. The Morgan fingerprint density at radius 1 is 1.53 bits per heavy atom. The summed E-state index contributed by atoms with van der Waals surface area (Å²) in [5.41, 5.74) is 0.738. The van der Waals surface area contributed by atoms with E-state index in [0.29, 0.717) is 0 Å². The largest absolute Gasteiger partial charge is 0.348 e. The van der Waals surface area contributed by atoms with Gasteiger partial charge in [-0.15, -0.1) is 0 Å². The molecule has 0 fully saturated rings. The van der Waals surface area contributed by atoms with Crippen LogP contribution in [0, 0.1) is 5.82 Å². The molecule has 1 amide bonds. The van der Waals surface area contributed by atoms with Crippen LogP contribution in [0.15, 0.2) is 30.6 Å². The lowest BCUT2D eigenvalue weighted by Crippen LogP contribution is -2.23. The van der Waals surface area contributed by atoms with Gasteiger partial charge in [-0.3, -0.25) is 9.89 Å². The molecule has 0 atom stereocenters. The summed E-state index contributed by atoms with van der Waals surface area (Å²) < 4.78 is 13.5. The standard InChI is InChI=1S/C11H9ClFN3O/c12-9-3-1-2-8(10(9)13)11(17)14-4-7-5-15-16-6-7/h1-3,5-6H,4H2,(H,14,17)(H,15,16). The van der Waals surface area contributed by atoms with Crippen molar-refractivity contribution in [2.24, 2.45) is 0 Å². The first-order chi connectivity index (χ1) is 8.18. The highest BCUT2D eigenvalue weighted by atomic mass is 35.5.